The second-order valence-corrected chi connectivity index (χ2v) is 7.63. The summed E-state index contributed by atoms with van der Waals surface area (Å²) in [6.45, 7) is 3.02. The van der Waals surface area contributed by atoms with Gasteiger partial charge in [0.15, 0.2) is 0 Å². The molecule has 0 unspecified atom stereocenters. The van der Waals surface area contributed by atoms with E-state index in [1.54, 1.807) is 39.6 Å². The van der Waals surface area contributed by atoms with Crippen LogP contribution < -0.4 is 0 Å². The monoisotopic (exact) mass is 377 g/mol. The van der Waals surface area contributed by atoms with E-state index in [-0.39, 0.29) is 5.91 Å². The topological polar surface area (TPSA) is 51.3 Å². The maximum absolute atomic E-state index is 13.2. The molecular formula is C21H19N3O2S. The first-order valence-corrected chi connectivity index (χ1v) is 9.48. The third kappa shape index (κ3) is 4.01. The Bertz CT molecular complexity index is 1020. The van der Waals surface area contributed by atoms with Crippen molar-refractivity contribution >= 4 is 17.2 Å². The Kier molecular flexibility index (Phi) is 4.89. The summed E-state index contributed by atoms with van der Waals surface area (Å²) in [7, 11) is 0. The average Bonchev–Trinajstić information content (AvgIpc) is 3.44. The first-order valence-electron chi connectivity index (χ1n) is 8.66. The minimum Gasteiger partial charge on any atom is -0.467 e. The van der Waals surface area contributed by atoms with Gasteiger partial charge in [0.25, 0.3) is 5.91 Å². The molecule has 136 valence electrons. The summed E-state index contributed by atoms with van der Waals surface area (Å²) in [6, 6.07) is 17.6. The molecule has 0 bridgehead atoms. The number of hydrogen-bond acceptors (Lipinski definition) is 4. The van der Waals surface area contributed by atoms with Crippen LogP contribution in [0.3, 0.4) is 0 Å². The van der Waals surface area contributed by atoms with E-state index in [4.69, 9.17) is 4.42 Å². The normalized spacial score (nSPS) is 10.9. The number of amides is 1. The summed E-state index contributed by atoms with van der Waals surface area (Å²) in [5, 5.41) is 4.35. The van der Waals surface area contributed by atoms with Gasteiger partial charge < -0.3 is 9.32 Å². The van der Waals surface area contributed by atoms with E-state index >= 15 is 0 Å². The van der Waals surface area contributed by atoms with E-state index in [0.29, 0.717) is 18.7 Å². The lowest BCUT2D eigenvalue weighted by atomic mass is 10.2. The average molecular weight is 377 g/mol. The van der Waals surface area contributed by atoms with Crippen LogP contribution in [0.15, 0.2) is 77.7 Å². The number of para-hydroxylation sites is 1. The smallest absolute Gasteiger partial charge is 0.257 e. The van der Waals surface area contributed by atoms with Crippen molar-refractivity contribution in [2.75, 3.05) is 0 Å². The SMILES string of the molecule is Cc1ccc(CN(Cc2ccco2)C(=O)c2cnn(-c3ccccc3)c2)s1. The number of aromatic nitrogens is 2. The summed E-state index contributed by atoms with van der Waals surface area (Å²) in [5.41, 5.74) is 1.47. The lowest BCUT2D eigenvalue weighted by Gasteiger charge is -2.20. The summed E-state index contributed by atoms with van der Waals surface area (Å²) in [6.07, 6.45) is 5.01. The molecule has 0 aliphatic carbocycles. The number of furan rings is 1. The molecule has 0 spiro atoms. The molecule has 27 heavy (non-hydrogen) atoms. The molecule has 0 aliphatic heterocycles. The third-order valence-electron chi connectivity index (χ3n) is 4.21. The zero-order valence-corrected chi connectivity index (χ0v) is 15.7. The molecule has 4 rings (SSSR count). The number of aryl methyl sites for hydroxylation is 1. The number of thiophene rings is 1. The van der Waals surface area contributed by atoms with E-state index in [9.17, 15) is 4.79 Å². The molecule has 0 radical (unpaired) electrons. The molecule has 0 fully saturated rings. The number of benzene rings is 1. The highest BCUT2D eigenvalue weighted by Crippen LogP contribution is 2.20. The molecule has 1 amide bonds. The molecule has 5 nitrogen and oxygen atoms in total. The molecule has 0 aliphatic rings. The first kappa shape index (κ1) is 17.3. The summed E-state index contributed by atoms with van der Waals surface area (Å²) < 4.78 is 7.17. The van der Waals surface area contributed by atoms with Crippen molar-refractivity contribution in [2.24, 2.45) is 0 Å². The quantitative estimate of drug-likeness (QED) is 0.490. The molecule has 3 heterocycles. The zero-order valence-electron chi connectivity index (χ0n) is 14.9. The minimum absolute atomic E-state index is 0.0698. The Morgan fingerprint density at radius 3 is 2.67 bits per heavy atom. The van der Waals surface area contributed by atoms with Crippen LogP contribution in [-0.4, -0.2) is 20.6 Å². The van der Waals surface area contributed by atoms with Crippen molar-refractivity contribution in [1.29, 1.82) is 0 Å². The van der Waals surface area contributed by atoms with Crippen LogP contribution in [-0.2, 0) is 13.1 Å². The van der Waals surface area contributed by atoms with E-state index in [1.165, 1.54) is 4.88 Å². The number of hydrogen-bond donors (Lipinski definition) is 0. The summed E-state index contributed by atoms with van der Waals surface area (Å²) >= 11 is 1.70. The van der Waals surface area contributed by atoms with Crippen LogP contribution in [0.25, 0.3) is 5.69 Å². The molecule has 0 N–H and O–H groups in total. The Hall–Kier alpha value is -3.12. The van der Waals surface area contributed by atoms with Gasteiger partial charge in [-0.25, -0.2) is 4.68 Å². The van der Waals surface area contributed by atoms with Gasteiger partial charge in [-0.1, -0.05) is 18.2 Å². The van der Waals surface area contributed by atoms with Gasteiger partial charge in [0.05, 0.1) is 36.8 Å². The Labute approximate surface area is 161 Å². The van der Waals surface area contributed by atoms with Crippen molar-refractivity contribution in [3.05, 3.63) is 94.3 Å². The van der Waals surface area contributed by atoms with Crippen molar-refractivity contribution in [2.45, 2.75) is 20.0 Å². The maximum Gasteiger partial charge on any atom is 0.257 e. The molecule has 0 atom stereocenters. The highest BCUT2D eigenvalue weighted by atomic mass is 32.1. The van der Waals surface area contributed by atoms with Gasteiger partial charge in [-0.3, -0.25) is 4.79 Å². The summed E-state index contributed by atoms with van der Waals surface area (Å²) in [5.74, 6) is 0.687. The molecule has 0 saturated carbocycles. The number of rotatable bonds is 6. The molecular weight excluding hydrogens is 358 g/mol. The van der Waals surface area contributed by atoms with Gasteiger partial charge in [0, 0.05) is 16.0 Å². The number of carbonyl (C=O) groups is 1. The Morgan fingerprint density at radius 2 is 1.96 bits per heavy atom. The fraction of sp³-hybridized carbons (Fsp3) is 0.143. The third-order valence-corrected chi connectivity index (χ3v) is 5.19. The highest BCUT2D eigenvalue weighted by molar-refractivity contribution is 7.11. The molecule has 4 aromatic rings. The molecule has 6 heteroatoms. The van der Waals surface area contributed by atoms with Crippen LogP contribution >= 0.6 is 11.3 Å². The van der Waals surface area contributed by atoms with Crippen LogP contribution in [0.5, 0.6) is 0 Å². The van der Waals surface area contributed by atoms with Crippen LogP contribution in [0.1, 0.15) is 25.9 Å². The van der Waals surface area contributed by atoms with Gasteiger partial charge in [0.2, 0.25) is 0 Å². The Morgan fingerprint density at radius 1 is 1.11 bits per heavy atom. The molecule has 3 aromatic heterocycles. The van der Waals surface area contributed by atoms with Crippen molar-refractivity contribution in [3.8, 4) is 5.69 Å². The summed E-state index contributed by atoms with van der Waals surface area (Å²) in [4.78, 5) is 17.3. The van der Waals surface area contributed by atoms with Crippen molar-refractivity contribution < 1.29 is 9.21 Å². The van der Waals surface area contributed by atoms with Gasteiger partial charge in [-0.05, 0) is 43.3 Å². The fourth-order valence-corrected chi connectivity index (χ4v) is 3.79. The molecule has 1 aromatic carbocycles. The fourth-order valence-electron chi connectivity index (χ4n) is 2.89. The van der Waals surface area contributed by atoms with E-state index < -0.39 is 0 Å². The van der Waals surface area contributed by atoms with Gasteiger partial charge >= 0.3 is 0 Å². The highest BCUT2D eigenvalue weighted by Gasteiger charge is 2.20. The lowest BCUT2D eigenvalue weighted by molar-refractivity contribution is 0.0719. The lowest BCUT2D eigenvalue weighted by Crippen LogP contribution is -2.29. The Balaban J connectivity index is 1.59. The van der Waals surface area contributed by atoms with Gasteiger partial charge in [-0.2, -0.15) is 5.10 Å². The number of carbonyl (C=O) groups excluding carboxylic acids is 1. The first-order chi connectivity index (χ1) is 13.2. The van der Waals surface area contributed by atoms with Crippen LogP contribution in [0.4, 0.5) is 0 Å². The van der Waals surface area contributed by atoms with Crippen LogP contribution in [0, 0.1) is 6.92 Å². The molecule has 0 saturated heterocycles. The predicted molar refractivity (Wildman–Crippen MR) is 105 cm³/mol. The van der Waals surface area contributed by atoms with E-state index in [2.05, 4.69) is 24.2 Å². The van der Waals surface area contributed by atoms with Crippen molar-refractivity contribution in [1.82, 2.24) is 14.7 Å². The second-order valence-electron chi connectivity index (χ2n) is 6.26. The number of nitrogens with zero attached hydrogens (tertiary/aromatic N) is 3. The maximum atomic E-state index is 13.2. The van der Waals surface area contributed by atoms with Gasteiger partial charge in [0.1, 0.15) is 5.76 Å². The van der Waals surface area contributed by atoms with E-state index in [1.807, 2.05) is 42.5 Å². The van der Waals surface area contributed by atoms with Gasteiger partial charge in [-0.15, -0.1) is 11.3 Å². The van der Waals surface area contributed by atoms with E-state index in [0.717, 1.165) is 16.3 Å². The van der Waals surface area contributed by atoms with Crippen molar-refractivity contribution in [3.63, 3.8) is 0 Å². The largest absolute Gasteiger partial charge is 0.467 e. The predicted octanol–water partition coefficient (Wildman–Crippen LogP) is 4.68. The van der Waals surface area contributed by atoms with Crippen LogP contribution in [0.2, 0.25) is 0 Å². The second kappa shape index (κ2) is 7.63. The zero-order chi connectivity index (χ0) is 18.6. The standard InChI is InChI=1S/C21H19N3O2S/c1-16-9-10-20(27-16)15-23(14-19-8-5-11-26-19)21(25)17-12-22-24(13-17)18-6-3-2-4-7-18/h2-13H,14-15H2,1H3. The minimum atomic E-state index is -0.0698.